The SMILES string of the molecule is CC=CN(c1cccc(-c2ccc(C(N)=O)c3[nH]cc(C)c23)c1)S(=O)O. The van der Waals surface area contributed by atoms with Crippen molar-refractivity contribution in [2.75, 3.05) is 4.31 Å². The first kappa shape index (κ1) is 17.9. The number of rotatable bonds is 5. The van der Waals surface area contributed by atoms with E-state index in [-0.39, 0.29) is 0 Å². The van der Waals surface area contributed by atoms with Gasteiger partial charge in [-0.25, -0.2) is 8.51 Å². The molecule has 0 aliphatic heterocycles. The van der Waals surface area contributed by atoms with Crippen LogP contribution in [0.1, 0.15) is 22.8 Å². The van der Waals surface area contributed by atoms with Crippen LogP contribution in [0.15, 0.2) is 54.9 Å². The molecule has 6 nitrogen and oxygen atoms in total. The number of aromatic amines is 1. The van der Waals surface area contributed by atoms with Crippen LogP contribution >= 0.6 is 0 Å². The summed E-state index contributed by atoms with van der Waals surface area (Å²) < 4.78 is 22.4. The molecule has 4 N–H and O–H groups in total. The Morgan fingerprint density at radius 2 is 2.08 bits per heavy atom. The van der Waals surface area contributed by atoms with Gasteiger partial charge in [-0.1, -0.05) is 24.3 Å². The maximum Gasteiger partial charge on any atom is 0.266 e. The third-order valence-electron chi connectivity index (χ3n) is 4.16. The van der Waals surface area contributed by atoms with Crippen molar-refractivity contribution < 1.29 is 13.6 Å². The molecule has 1 amide bonds. The fourth-order valence-electron chi connectivity index (χ4n) is 3.03. The van der Waals surface area contributed by atoms with Crippen LogP contribution in [0, 0.1) is 6.92 Å². The predicted octanol–water partition coefficient (Wildman–Crippen LogP) is 3.72. The summed E-state index contributed by atoms with van der Waals surface area (Å²) in [7, 11) is 0. The van der Waals surface area contributed by atoms with Crippen LogP contribution in [0.4, 0.5) is 5.69 Å². The Morgan fingerprint density at radius 3 is 2.73 bits per heavy atom. The van der Waals surface area contributed by atoms with Crippen molar-refractivity contribution >= 4 is 33.8 Å². The number of allylic oxidation sites excluding steroid dienone is 1. The predicted molar refractivity (Wildman–Crippen MR) is 105 cm³/mol. The Kier molecular flexibility index (Phi) is 4.92. The zero-order valence-corrected chi connectivity index (χ0v) is 15.2. The second-order valence-electron chi connectivity index (χ2n) is 5.84. The zero-order chi connectivity index (χ0) is 18.8. The number of hydrogen-bond donors (Lipinski definition) is 3. The fourth-order valence-corrected chi connectivity index (χ4v) is 3.55. The highest BCUT2D eigenvalue weighted by Gasteiger charge is 2.16. The van der Waals surface area contributed by atoms with E-state index >= 15 is 0 Å². The molecule has 1 aromatic heterocycles. The average Bonchev–Trinajstić information content (AvgIpc) is 3.00. The summed E-state index contributed by atoms with van der Waals surface area (Å²) in [6.07, 6.45) is 5.07. The smallest absolute Gasteiger partial charge is 0.266 e. The van der Waals surface area contributed by atoms with Crippen molar-refractivity contribution in [2.45, 2.75) is 13.8 Å². The number of nitrogens with two attached hydrogens (primary N) is 1. The van der Waals surface area contributed by atoms with E-state index in [1.54, 1.807) is 31.3 Å². The van der Waals surface area contributed by atoms with Gasteiger partial charge in [-0.05, 0) is 48.7 Å². The van der Waals surface area contributed by atoms with Crippen LogP contribution < -0.4 is 10.0 Å². The Bertz CT molecular complexity index is 1040. The van der Waals surface area contributed by atoms with Crippen molar-refractivity contribution in [3.05, 3.63) is 66.0 Å². The minimum Gasteiger partial charge on any atom is -0.366 e. The molecule has 0 saturated carbocycles. The number of primary amides is 1. The van der Waals surface area contributed by atoms with E-state index in [1.807, 2.05) is 37.4 Å². The number of anilines is 1. The van der Waals surface area contributed by atoms with Crippen molar-refractivity contribution in [1.29, 1.82) is 0 Å². The number of carbonyl (C=O) groups is 1. The Hall–Kier alpha value is -2.90. The van der Waals surface area contributed by atoms with Gasteiger partial charge in [0.15, 0.2) is 0 Å². The number of hydrogen-bond acceptors (Lipinski definition) is 2. The van der Waals surface area contributed by atoms with E-state index in [9.17, 15) is 13.6 Å². The topological polar surface area (TPSA) is 99.4 Å². The molecular weight excluding hydrogens is 350 g/mol. The van der Waals surface area contributed by atoms with Crippen molar-refractivity contribution in [3.8, 4) is 11.1 Å². The number of benzene rings is 2. The molecular formula is C19H19N3O3S. The lowest BCUT2D eigenvalue weighted by molar-refractivity contribution is 0.100. The molecule has 0 aliphatic carbocycles. The molecule has 0 radical (unpaired) electrons. The monoisotopic (exact) mass is 369 g/mol. The normalized spacial score (nSPS) is 12.6. The van der Waals surface area contributed by atoms with Crippen LogP contribution in [0.5, 0.6) is 0 Å². The minimum atomic E-state index is -2.17. The first-order valence-electron chi connectivity index (χ1n) is 7.98. The van der Waals surface area contributed by atoms with Crippen LogP contribution in [-0.4, -0.2) is 19.7 Å². The summed E-state index contributed by atoms with van der Waals surface area (Å²) in [6.45, 7) is 3.73. The minimum absolute atomic E-state index is 0.431. The third-order valence-corrected chi connectivity index (χ3v) is 4.83. The first-order chi connectivity index (χ1) is 12.4. The van der Waals surface area contributed by atoms with Crippen LogP contribution in [-0.2, 0) is 11.3 Å². The average molecular weight is 369 g/mol. The summed E-state index contributed by atoms with van der Waals surface area (Å²) >= 11 is -2.17. The molecule has 1 atom stereocenters. The molecule has 0 spiro atoms. The number of amides is 1. The lowest BCUT2D eigenvalue weighted by atomic mass is 9.96. The zero-order valence-electron chi connectivity index (χ0n) is 14.4. The number of fused-ring (bicyclic) bond motifs is 1. The highest BCUT2D eigenvalue weighted by Crippen LogP contribution is 2.34. The van der Waals surface area contributed by atoms with Gasteiger partial charge in [0.2, 0.25) is 0 Å². The van der Waals surface area contributed by atoms with E-state index in [0.717, 1.165) is 22.1 Å². The first-order valence-corrected chi connectivity index (χ1v) is 9.04. The number of nitrogens with one attached hydrogen (secondary N) is 1. The highest BCUT2D eigenvalue weighted by atomic mass is 32.2. The van der Waals surface area contributed by atoms with Gasteiger partial charge in [-0.15, -0.1) is 0 Å². The lowest BCUT2D eigenvalue weighted by Gasteiger charge is -2.16. The summed E-state index contributed by atoms with van der Waals surface area (Å²) in [5.41, 5.74) is 9.94. The Balaban J connectivity index is 2.21. The summed E-state index contributed by atoms with van der Waals surface area (Å²) in [4.78, 5) is 14.8. The standard InChI is InChI=1S/C19H19N3O3S/c1-3-9-22(26(24)25)14-6-4-5-13(10-14)15-7-8-16(19(20)23)18-17(15)12(2)11-21-18/h3-11,21H,1-2H3,(H2,20,23)(H,24,25). The molecule has 134 valence electrons. The van der Waals surface area contributed by atoms with E-state index < -0.39 is 17.2 Å². The molecule has 2 aromatic carbocycles. The molecule has 0 saturated heterocycles. The molecule has 26 heavy (non-hydrogen) atoms. The number of nitrogens with zero attached hydrogens (tertiary/aromatic N) is 1. The van der Waals surface area contributed by atoms with E-state index in [4.69, 9.17) is 5.73 Å². The molecule has 3 rings (SSSR count). The van der Waals surface area contributed by atoms with Gasteiger partial charge >= 0.3 is 0 Å². The highest BCUT2D eigenvalue weighted by molar-refractivity contribution is 7.80. The van der Waals surface area contributed by atoms with Gasteiger partial charge in [0.1, 0.15) is 0 Å². The van der Waals surface area contributed by atoms with Gasteiger partial charge in [0.25, 0.3) is 17.2 Å². The molecule has 7 heteroatoms. The molecule has 1 heterocycles. The van der Waals surface area contributed by atoms with E-state index in [1.165, 1.54) is 4.31 Å². The van der Waals surface area contributed by atoms with E-state index in [0.29, 0.717) is 16.8 Å². The Morgan fingerprint density at radius 1 is 1.31 bits per heavy atom. The summed E-state index contributed by atoms with van der Waals surface area (Å²) in [5.74, 6) is -0.493. The molecule has 0 bridgehead atoms. The van der Waals surface area contributed by atoms with Crippen molar-refractivity contribution in [1.82, 2.24) is 4.98 Å². The fraction of sp³-hybridized carbons (Fsp3) is 0.105. The van der Waals surface area contributed by atoms with Gasteiger partial charge in [-0.3, -0.25) is 9.35 Å². The number of carbonyl (C=O) groups excluding carboxylic acids is 1. The van der Waals surface area contributed by atoms with E-state index in [2.05, 4.69) is 4.98 Å². The molecule has 0 fully saturated rings. The quantitative estimate of drug-likeness (QED) is 0.598. The third kappa shape index (κ3) is 3.14. The van der Waals surface area contributed by atoms with Gasteiger partial charge in [0, 0.05) is 17.8 Å². The molecule has 0 aliphatic rings. The molecule has 3 aromatic rings. The van der Waals surface area contributed by atoms with Gasteiger partial charge in [-0.2, -0.15) is 0 Å². The summed E-state index contributed by atoms with van der Waals surface area (Å²) in [5, 5.41) is 0.904. The molecule has 1 unspecified atom stereocenters. The van der Waals surface area contributed by atoms with Gasteiger partial charge in [0.05, 0.1) is 16.8 Å². The second-order valence-corrected chi connectivity index (χ2v) is 6.69. The Labute approximate surface area is 153 Å². The maximum absolute atomic E-state index is 11.7. The van der Waals surface area contributed by atoms with Crippen LogP contribution in [0.3, 0.4) is 0 Å². The number of H-pyrrole nitrogens is 1. The summed E-state index contributed by atoms with van der Waals surface area (Å²) in [6, 6.07) is 10.9. The second kappa shape index (κ2) is 7.15. The number of aryl methyl sites for hydroxylation is 1. The lowest BCUT2D eigenvalue weighted by Crippen LogP contribution is -2.18. The van der Waals surface area contributed by atoms with Crippen LogP contribution in [0.2, 0.25) is 0 Å². The largest absolute Gasteiger partial charge is 0.366 e. The number of aromatic nitrogens is 1. The van der Waals surface area contributed by atoms with Crippen molar-refractivity contribution in [2.24, 2.45) is 5.73 Å². The van der Waals surface area contributed by atoms with Crippen molar-refractivity contribution in [3.63, 3.8) is 0 Å². The van der Waals surface area contributed by atoms with Crippen LogP contribution in [0.25, 0.3) is 22.0 Å². The van der Waals surface area contributed by atoms with Gasteiger partial charge < -0.3 is 10.7 Å². The maximum atomic E-state index is 11.7.